The van der Waals surface area contributed by atoms with Crippen molar-refractivity contribution in [3.63, 3.8) is 0 Å². The first kappa shape index (κ1) is 12.4. The van der Waals surface area contributed by atoms with E-state index >= 15 is 0 Å². The van der Waals surface area contributed by atoms with Crippen LogP contribution in [-0.4, -0.2) is 24.3 Å². The third-order valence-corrected chi connectivity index (χ3v) is 4.41. The summed E-state index contributed by atoms with van der Waals surface area (Å²) in [5, 5.41) is 13.0. The summed E-state index contributed by atoms with van der Waals surface area (Å²) in [6.07, 6.45) is 9.49. The Morgan fingerprint density at radius 2 is 1.81 bits per heavy atom. The third-order valence-electron chi connectivity index (χ3n) is 4.41. The molecular formula is C14H27NO. The predicted octanol–water partition coefficient (Wildman–Crippen LogP) is 2.56. The fourth-order valence-electron chi connectivity index (χ4n) is 3.08. The van der Waals surface area contributed by atoms with Gasteiger partial charge in [0.25, 0.3) is 0 Å². The lowest BCUT2D eigenvalue weighted by molar-refractivity contribution is 0.131. The summed E-state index contributed by atoms with van der Waals surface area (Å²) in [7, 11) is 0. The third kappa shape index (κ3) is 3.74. The zero-order valence-corrected chi connectivity index (χ0v) is 10.6. The van der Waals surface area contributed by atoms with Crippen LogP contribution in [0, 0.1) is 17.8 Å². The maximum Gasteiger partial charge on any atom is 0.0462 e. The molecule has 0 saturated heterocycles. The number of hydrogen-bond acceptors (Lipinski definition) is 2. The maximum atomic E-state index is 9.35. The van der Waals surface area contributed by atoms with Crippen LogP contribution in [0.15, 0.2) is 0 Å². The molecule has 2 aliphatic carbocycles. The maximum absolute atomic E-state index is 9.35. The second-order valence-electron chi connectivity index (χ2n) is 5.98. The van der Waals surface area contributed by atoms with E-state index in [1.54, 1.807) is 0 Å². The first-order valence-electron chi connectivity index (χ1n) is 7.14. The molecule has 0 radical (unpaired) electrons. The second-order valence-corrected chi connectivity index (χ2v) is 5.98. The van der Waals surface area contributed by atoms with Crippen molar-refractivity contribution in [3.8, 4) is 0 Å². The van der Waals surface area contributed by atoms with Crippen LogP contribution in [0.3, 0.4) is 0 Å². The molecule has 2 aliphatic rings. The van der Waals surface area contributed by atoms with E-state index in [0.29, 0.717) is 18.6 Å². The van der Waals surface area contributed by atoms with E-state index in [1.165, 1.54) is 44.9 Å². The van der Waals surface area contributed by atoms with Gasteiger partial charge in [0, 0.05) is 12.6 Å². The Bertz CT molecular complexity index is 203. The molecule has 0 amide bonds. The molecule has 0 heterocycles. The predicted molar refractivity (Wildman–Crippen MR) is 67.3 cm³/mol. The molecule has 2 saturated carbocycles. The molecule has 0 aliphatic heterocycles. The van der Waals surface area contributed by atoms with E-state index in [-0.39, 0.29) is 0 Å². The van der Waals surface area contributed by atoms with Gasteiger partial charge < -0.3 is 10.4 Å². The lowest BCUT2D eigenvalue weighted by Crippen LogP contribution is -2.36. The van der Waals surface area contributed by atoms with Gasteiger partial charge in [0.1, 0.15) is 0 Å². The summed E-state index contributed by atoms with van der Waals surface area (Å²) in [6, 6.07) is 0.675. The standard InChI is InChI=1S/C14H27NO/c1-11(8-12-6-7-12)15-9-13-4-2-3-5-14(13)10-16/h11-16H,2-10H2,1H3. The quantitative estimate of drug-likeness (QED) is 0.728. The number of aliphatic hydroxyl groups is 1. The minimum absolute atomic E-state index is 0.392. The minimum Gasteiger partial charge on any atom is -0.396 e. The smallest absolute Gasteiger partial charge is 0.0462 e. The van der Waals surface area contributed by atoms with Crippen molar-refractivity contribution in [3.05, 3.63) is 0 Å². The Balaban J connectivity index is 1.65. The summed E-state index contributed by atoms with van der Waals surface area (Å²) in [5.41, 5.74) is 0. The second kappa shape index (κ2) is 6.02. The van der Waals surface area contributed by atoms with Gasteiger partial charge in [-0.15, -0.1) is 0 Å². The van der Waals surface area contributed by atoms with E-state index in [4.69, 9.17) is 0 Å². The highest BCUT2D eigenvalue weighted by Crippen LogP contribution is 2.34. The van der Waals surface area contributed by atoms with Crippen molar-refractivity contribution >= 4 is 0 Å². The molecule has 0 aromatic heterocycles. The van der Waals surface area contributed by atoms with Crippen LogP contribution in [0.4, 0.5) is 0 Å². The summed E-state index contributed by atoms with van der Waals surface area (Å²) in [4.78, 5) is 0. The molecular weight excluding hydrogens is 198 g/mol. The molecule has 3 unspecified atom stereocenters. The Labute approximate surface area is 99.8 Å². The van der Waals surface area contributed by atoms with Crippen LogP contribution in [0.1, 0.15) is 51.9 Å². The van der Waals surface area contributed by atoms with Crippen molar-refractivity contribution < 1.29 is 5.11 Å². The molecule has 3 atom stereocenters. The van der Waals surface area contributed by atoms with Gasteiger partial charge in [-0.3, -0.25) is 0 Å². The lowest BCUT2D eigenvalue weighted by Gasteiger charge is -2.31. The van der Waals surface area contributed by atoms with Crippen molar-refractivity contribution in [2.24, 2.45) is 17.8 Å². The van der Waals surface area contributed by atoms with Crippen LogP contribution >= 0.6 is 0 Å². The molecule has 0 aromatic carbocycles. The molecule has 2 fully saturated rings. The molecule has 2 heteroatoms. The summed E-state index contributed by atoms with van der Waals surface area (Å²) < 4.78 is 0. The number of nitrogens with one attached hydrogen (secondary N) is 1. The zero-order valence-electron chi connectivity index (χ0n) is 10.6. The van der Waals surface area contributed by atoms with Crippen LogP contribution in [0.5, 0.6) is 0 Å². The average molecular weight is 225 g/mol. The largest absolute Gasteiger partial charge is 0.396 e. The van der Waals surface area contributed by atoms with Crippen LogP contribution < -0.4 is 5.32 Å². The first-order valence-corrected chi connectivity index (χ1v) is 7.14. The van der Waals surface area contributed by atoms with E-state index in [0.717, 1.165) is 18.4 Å². The molecule has 2 rings (SSSR count). The Hall–Kier alpha value is -0.0800. The van der Waals surface area contributed by atoms with E-state index in [2.05, 4.69) is 12.2 Å². The zero-order chi connectivity index (χ0) is 11.4. The fraction of sp³-hybridized carbons (Fsp3) is 1.00. The highest BCUT2D eigenvalue weighted by atomic mass is 16.3. The molecule has 0 aromatic rings. The lowest BCUT2D eigenvalue weighted by atomic mass is 9.79. The molecule has 0 bridgehead atoms. The molecule has 16 heavy (non-hydrogen) atoms. The van der Waals surface area contributed by atoms with Gasteiger partial charge >= 0.3 is 0 Å². The van der Waals surface area contributed by atoms with Crippen LogP contribution in [-0.2, 0) is 0 Å². The minimum atomic E-state index is 0.392. The normalized spacial score (nSPS) is 32.6. The topological polar surface area (TPSA) is 32.3 Å². The SMILES string of the molecule is CC(CC1CC1)NCC1CCCCC1CO. The number of rotatable bonds is 6. The van der Waals surface area contributed by atoms with Gasteiger partial charge in [0.05, 0.1) is 0 Å². The van der Waals surface area contributed by atoms with Crippen molar-refractivity contribution in [2.45, 2.75) is 57.9 Å². The molecule has 2 N–H and O–H groups in total. The van der Waals surface area contributed by atoms with E-state index < -0.39 is 0 Å². The molecule has 94 valence electrons. The number of hydrogen-bond donors (Lipinski definition) is 2. The van der Waals surface area contributed by atoms with Gasteiger partial charge in [0.15, 0.2) is 0 Å². The molecule has 2 nitrogen and oxygen atoms in total. The Morgan fingerprint density at radius 3 is 2.44 bits per heavy atom. The molecule has 0 spiro atoms. The van der Waals surface area contributed by atoms with E-state index in [1.807, 2.05) is 0 Å². The number of aliphatic hydroxyl groups excluding tert-OH is 1. The highest BCUT2D eigenvalue weighted by Gasteiger charge is 2.26. The van der Waals surface area contributed by atoms with Gasteiger partial charge in [-0.25, -0.2) is 0 Å². The van der Waals surface area contributed by atoms with Gasteiger partial charge in [0.2, 0.25) is 0 Å². The van der Waals surface area contributed by atoms with Gasteiger partial charge in [-0.2, -0.15) is 0 Å². The fourth-order valence-corrected chi connectivity index (χ4v) is 3.08. The summed E-state index contributed by atoms with van der Waals surface area (Å²) in [5.74, 6) is 2.30. The Morgan fingerprint density at radius 1 is 1.12 bits per heavy atom. The summed E-state index contributed by atoms with van der Waals surface area (Å²) >= 11 is 0. The van der Waals surface area contributed by atoms with E-state index in [9.17, 15) is 5.11 Å². The average Bonchev–Trinajstić information content (AvgIpc) is 3.10. The first-order chi connectivity index (χ1) is 7.79. The monoisotopic (exact) mass is 225 g/mol. The van der Waals surface area contributed by atoms with Gasteiger partial charge in [-0.1, -0.05) is 25.7 Å². The Kier molecular flexibility index (Phi) is 4.66. The van der Waals surface area contributed by atoms with Crippen molar-refractivity contribution in [2.75, 3.05) is 13.2 Å². The highest BCUT2D eigenvalue weighted by molar-refractivity contribution is 4.81. The van der Waals surface area contributed by atoms with Gasteiger partial charge in [-0.05, 0) is 50.5 Å². The van der Waals surface area contributed by atoms with Crippen molar-refractivity contribution in [1.82, 2.24) is 5.32 Å². The van der Waals surface area contributed by atoms with Crippen LogP contribution in [0.25, 0.3) is 0 Å². The van der Waals surface area contributed by atoms with Crippen molar-refractivity contribution in [1.29, 1.82) is 0 Å². The van der Waals surface area contributed by atoms with Crippen LogP contribution in [0.2, 0.25) is 0 Å². The summed E-state index contributed by atoms with van der Waals surface area (Å²) in [6.45, 7) is 3.83.